The SMILES string of the molecule is Cc1ccn(CC(O)c2ccc3ccccc3c2)c(=O)c1. The zero-order valence-corrected chi connectivity index (χ0v) is 11.9. The minimum absolute atomic E-state index is 0.0881. The third-order valence-electron chi connectivity index (χ3n) is 3.68. The zero-order valence-electron chi connectivity index (χ0n) is 11.9. The fraction of sp³-hybridized carbons (Fsp3) is 0.167. The molecule has 0 aliphatic heterocycles. The monoisotopic (exact) mass is 279 g/mol. The molecule has 0 radical (unpaired) electrons. The largest absolute Gasteiger partial charge is 0.387 e. The highest BCUT2D eigenvalue weighted by atomic mass is 16.3. The van der Waals surface area contributed by atoms with Crippen molar-refractivity contribution in [3.8, 4) is 0 Å². The lowest BCUT2D eigenvalue weighted by Crippen LogP contribution is -2.22. The van der Waals surface area contributed by atoms with Crippen molar-refractivity contribution in [2.75, 3.05) is 0 Å². The first kappa shape index (κ1) is 13.6. The van der Waals surface area contributed by atoms with Crippen LogP contribution in [0.3, 0.4) is 0 Å². The molecule has 0 saturated heterocycles. The molecule has 1 unspecified atom stereocenters. The molecule has 3 heteroatoms. The van der Waals surface area contributed by atoms with E-state index in [1.165, 1.54) is 4.57 Å². The van der Waals surface area contributed by atoms with Crippen molar-refractivity contribution in [2.45, 2.75) is 19.6 Å². The number of hydrogen-bond acceptors (Lipinski definition) is 2. The molecule has 0 amide bonds. The Morgan fingerprint density at radius 1 is 1.05 bits per heavy atom. The highest BCUT2D eigenvalue weighted by Gasteiger charge is 2.10. The third-order valence-corrected chi connectivity index (χ3v) is 3.68. The minimum Gasteiger partial charge on any atom is -0.387 e. The van der Waals surface area contributed by atoms with Gasteiger partial charge in [0.15, 0.2) is 0 Å². The third kappa shape index (κ3) is 2.88. The van der Waals surface area contributed by atoms with E-state index in [4.69, 9.17) is 0 Å². The molecule has 21 heavy (non-hydrogen) atoms. The molecule has 1 aromatic heterocycles. The molecule has 106 valence electrons. The Morgan fingerprint density at radius 2 is 1.81 bits per heavy atom. The summed E-state index contributed by atoms with van der Waals surface area (Å²) < 4.78 is 1.53. The second-order valence-electron chi connectivity index (χ2n) is 5.32. The van der Waals surface area contributed by atoms with Crippen LogP contribution in [0.15, 0.2) is 65.6 Å². The molecule has 1 atom stereocenters. The van der Waals surface area contributed by atoms with Crippen LogP contribution in [0.4, 0.5) is 0 Å². The highest BCUT2D eigenvalue weighted by molar-refractivity contribution is 5.83. The summed E-state index contributed by atoms with van der Waals surface area (Å²) in [4.78, 5) is 11.9. The lowest BCUT2D eigenvalue weighted by atomic mass is 10.0. The van der Waals surface area contributed by atoms with Crippen LogP contribution in [0.25, 0.3) is 10.8 Å². The van der Waals surface area contributed by atoms with Gasteiger partial charge in [0.05, 0.1) is 12.6 Å². The van der Waals surface area contributed by atoms with Crippen LogP contribution in [-0.2, 0) is 6.54 Å². The van der Waals surface area contributed by atoms with E-state index in [0.717, 1.165) is 21.9 Å². The van der Waals surface area contributed by atoms with Crippen molar-refractivity contribution >= 4 is 10.8 Å². The quantitative estimate of drug-likeness (QED) is 0.800. The fourth-order valence-corrected chi connectivity index (χ4v) is 2.46. The van der Waals surface area contributed by atoms with Gasteiger partial charge in [-0.15, -0.1) is 0 Å². The van der Waals surface area contributed by atoms with Gasteiger partial charge in [0.1, 0.15) is 0 Å². The number of aryl methyl sites for hydroxylation is 1. The van der Waals surface area contributed by atoms with Crippen LogP contribution in [0.1, 0.15) is 17.2 Å². The van der Waals surface area contributed by atoms with E-state index in [1.54, 1.807) is 12.3 Å². The van der Waals surface area contributed by atoms with E-state index in [0.29, 0.717) is 0 Å². The van der Waals surface area contributed by atoms with Crippen molar-refractivity contribution in [2.24, 2.45) is 0 Å². The van der Waals surface area contributed by atoms with Crippen LogP contribution >= 0.6 is 0 Å². The van der Waals surface area contributed by atoms with Crippen molar-refractivity contribution < 1.29 is 5.11 Å². The van der Waals surface area contributed by atoms with Crippen LogP contribution in [-0.4, -0.2) is 9.67 Å². The van der Waals surface area contributed by atoms with Gasteiger partial charge in [-0.3, -0.25) is 4.79 Å². The minimum atomic E-state index is -0.699. The molecule has 0 fully saturated rings. The topological polar surface area (TPSA) is 42.2 Å². The molecule has 0 aliphatic rings. The number of hydrogen-bond donors (Lipinski definition) is 1. The van der Waals surface area contributed by atoms with Gasteiger partial charge in [0.2, 0.25) is 0 Å². The van der Waals surface area contributed by atoms with Crippen molar-refractivity contribution in [3.05, 3.63) is 82.3 Å². The Balaban J connectivity index is 1.89. The maximum Gasteiger partial charge on any atom is 0.250 e. The molecule has 3 aromatic rings. The van der Waals surface area contributed by atoms with Crippen LogP contribution in [0.2, 0.25) is 0 Å². The number of aliphatic hydroxyl groups excluding tert-OH is 1. The molecule has 0 saturated carbocycles. The molecule has 0 bridgehead atoms. The van der Waals surface area contributed by atoms with Gasteiger partial charge in [0, 0.05) is 12.3 Å². The van der Waals surface area contributed by atoms with E-state index in [1.807, 2.05) is 55.5 Å². The van der Waals surface area contributed by atoms with Crippen molar-refractivity contribution in [1.29, 1.82) is 0 Å². The number of fused-ring (bicyclic) bond motifs is 1. The molecule has 1 N–H and O–H groups in total. The summed E-state index contributed by atoms with van der Waals surface area (Å²) in [5.74, 6) is 0. The number of pyridine rings is 1. The van der Waals surface area contributed by atoms with Gasteiger partial charge in [-0.25, -0.2) is 0 Å². The Hall–Kier alpha value is -2.39. The van der Waals surface area contributed by atoms with Crippen LogP contribution in [0.5, 0.6) is 0 Å². The standard InChI is InChI=1S/C18H17NO2/c1-13-8-9-19(18(21)10-13)12-17(20)16-7-6-14-4-2-3-5-15(14)11-16/h2-11,17,20H,12H2,1H3. The fourth-order valence-electron chi connectivity index (χ4n) is 2.46. The predicted octanol–water partition coefficient (Wildman–Crippen LogP) is 3.04. The summed E-state index contributed by atoms with van der Waals surface area (Å²) >= 11 is 0. The predicted molar refractivity (Wildman–Crippen MR) is 84.3 cm³/mol. The summed E-state index contributed by atoms with van der Waals surface area (Å²) in [7, 11) is 0. The Bertz CT molecular complexity index is 836. The first-order valence-electron chi connectivity index (χ1n) is 6.97. The average molecular weight is 279 g/mol. The van der Waals surface area contributed by atoms with Gasteiger partial charge in [-0.05, 0) is 41.0 Å². The number of aromatic nitrogens is 1. The van der Waals surface area contributed by atoms with Gasteiger partial charge < -0.3 is 9.67 Å². The van der Waals surface area contributed by atoms with Gasteiger partial charge in [-0.1, -0.05) is 36.4 Å². The molecule has 1 heterocycles. The van der Waals surface area contributed by atoms with E-state index in [2.05, 4.69) is 0 Å². The highest BCUT2D eigenvalue weighted by Crippen LogP contribution is 2.21. The Morgan fingerprint density at radius 3 is 2.57 bits per heavy atom. The molecular weight excluding hydrogens is 262 g/mol. The molecule has 3 rings (SSSR count). The summed E-state index contributed by atoms with van der Waals surface area (Å²) in [5.41, 5.74) is 1.66. The molecule has 3 nitrogen and oxygen atoms in total. The van der Waals surface area contributed by atoms with Crippen LogP contribution in [0, 0.1) is 6.92 Å². The maximum absolute atomic E-state index is 11.9. The van der Waals surface area contributed by atoms with Gasteiger partial charge >= 0.3 is 0 Å². The molecule has 0 aliphatic carbocycles. The van der Waals surface area contributed by atoms with Crippen molar-refractivity contribution in [3.63, 3.8) is 0 Å². The Labute approximate surface area is 123 Å². The summed E-state index contributed by atoms with van der Waals surface area (Å²) in [5, 5.41) is 12.6. The summed E-state index contributed by atoms with van der Waals surface area (Å²) in [6, 6.07) is 17.3. The number of aliphatic hydroxyl groups is 1. The van der Waals surface area contributed by atoms with Crippen molar-refractivity contribution in [1.82, 2.24) is 4.57 Å². The van der Waals surface area contributed by atoms with E-state index < -0.39 is 6.10 Å². The second kappa shape index (κ2) is 5.54. The normalized spacial score (nSPS) is 12.5. The first-order chi connectivity index (χ1) is 10.1. The lowest BCUT2D eigenvalue weighted by Gasteiger charge is -2.14. The summed E-state index contributed by atoms with van der Waals surface area (Å²) in [6.07, 6.45) is 1.03. The van der Waals surface area contributed by atoms with E-state index in [-0.39, 0.29) is 12.1 Å². The number of nitrogens with zero attached hydrogens (tertiary/aromatic N) is 1. The Kier molecular flexibility index (Phi) is 3.59. The lowest BCUT2D eigenvalue weighted by molar-refractivity contribution is 0.155. The molecular formula is C18H17NO2. The maximum atomic E-state index is 11.9. The number of rotatable bonds is 3. The van der Waals surface area contributed by atoms with Crippen LogP contribution < -0.4 is 5.56 Å². The number of benzene rings is 2. The molecule has 2 aromatic carbocycles. The van der Waals surface area contributed by atoms with Gasteiger partial charge in [-0.2, -0.15) is 0 Å². The first-order valence-corrected chi connectivity index (χ1v) is 6.97. The van der Waals surface area contributed by atoms with Gasteiger partial charge in [0.25, 0.3) is 5.56 Å². The average Bonchev–Trinajstić information content (AvgIpc) is 2.49. The zero-order chi connectivity index (χ0) is 14.8. The van der Waals surface area contributed by atoms with E-state index >= 15 is 0 Å². The molecule has 0 spiro atoms. The second-order valence-corrected chi connectivity index (χ2v) is 5.32. The smallest absolute Gasteiger partial charge is 0.250 e. The summed E-state index contributed by atoms with van der Waals surface area (Å²) in [6.45, 7) is 2.14. The van der Waals surface area contributed by atoms with E-state index in [9.17, 15) is 9.90 Å².